The summed E-state index contributed by atoms with van der Waals surface area (Å²) in [6.45, 7) is 2.19. The Morgan fingerprint density at radius 3 is 3.19 bits per heavy atom. The third kappa shape index (κ3) is 2.59. The molecule has 1 saturated heterocycles. The second-order valence-electron chi connectivity index (χ2n) is 3.60. The fourth-order valence-electron chi connectivity index (χ4n) is 1.60. The lowest BCUT2D eigenvalue weighted by molar-refractivity contribution is -0.117. The Morgan fingerprint density at radius 1 is 1.75 bits per heavy atom. The summed E-state index contributed by atoms with van der Waals surface area (Å²) in [5, 5.41) is 8.35. The zero-order chi connectivity index (χ0) is 11.5. The van der Waals surface area contributed by atoms with E-state index in [4.69, 9.17) is 0 Å². The Balaban J connectivity index is 1.94. The van der Waals surface area contributed by atoms with Crippen molar-refractivity contribution in [3.63, 3.8) is 0 Å². The lowest BCUT2D eigenvalue weighted by Gasteiger charge is -2.11. The highest BCUT2D eigenvalue weighted by Gasteiger charge is 2.32. The van der Waals surface area contributed by atoms with Crippen LogP contribution in [0.4, 0.5) is 5.13 Å². The van der Waals surface area contributed by atoms with E-state index >= 15 is 0 Å². The Labute approximate surface area is 101 Å². The number of nitrogens with zero attached hydrogens (tertiary/aromatic N) is 3. The zero-order valence-electron chi connectivity index (χ0n) is 8.75. The van der Waals surface area contributed by atoms with Crippen molar-refractivity contribution >= 4 is 39.3 Å². The molecular weight excluding hydrogens is 246 g/mol. The minimum atomic E-state index is 0.0749. The summed E-state index contributed by atoms with van der Waals surface area (Å²) in [4.78, 5) is 24.2. The molecule has 1 aromatic heterocycles. The van der Waals surface area contributed by atoms with Crippen molar-refractivity contribution in [1.82, 2.24) is 10.2 Å². The van der Waals surface area contributed by atoms with Gasteiger partial charge in [-0.05, 0) is 5.92 Å². The maximum Gasteiger partial charge on any atom is 0.229 e. The van der Waals surface area contributed by atoms with Crippen molar-refractivity contribution in [1.29, 1.82) is 0 Å². The third-order valence-electron chi connectivity index (χ3n) is 2.31. The van der Waals surface area contributed by atoms with E-state index in [0.29, 0.717) is 23.8 Å². The molecule has 0 radical (unpaired) electrons. The molecule has 0 N–H and O–H groups in total. The molecule has 1 aromatic rings. The molecule has 1 atom stereocenters. The predicted molar refractivity (Wildman–Crippen MR) is 63.5 cm³/mol. The van der Waals surface area contributed by atoms with Crippen LogP contribution in [-0.2, 0) is 9.59 Å². The number of aromatic nitrogens is 2. The Bertz CT molecular complexity index is 393. The van der Waals surface area contributed by atoms with Gasteiger partial charge < -0.3 is 0 Å². The maximum atomic E-state index is 11.7. The largest absolute Gasteiger partial charge is 0.288 e. The van der Waals surface area contributed by atoms with Crippen LogP contribution < -0.4 is 4.90 Å². The molecule has 16 heavy (non-hydrogen) atoms. The van der Waals surface area contributed by atoms with Gasteiger partial charge in [0.1, 0.15) is 5.51 Å². The minimum Gasteiger partial charge on any atom is -0.288 e. The van der Waals surface area contributed by atoms with E-state index in [-0.39, 0.29) is 16.9 Å². The minimum absolute atomic E-state index is 0.0749. The summed E-state index contributed by atoms with van der Waals surface area (Å²) in [6, 6.07) is 0. The van der Waals surface area contributed by atoms with Crippen LogP contribution >= 0.6 is 23.1 Å². The molecule has 0 spiro atoms. The quantitative estimate of drug-likeness (QED) is 0.813. The number of rotatable bonds is 3. The monoisotopic (exact) mass is 257 g/mol. The number of anilines is 1. The van der Waals surface area contributed by atoms with Crippen LogP contribution in [0.1, 0.15) is 13.3 Å². The lowest BCUT2D eigenvalue weighted by Crippen LogP contribution is -2.24. The summed E-state index contributed by atoms with van der Waals surface area (Å²) in [5.74, 6) is 1.02. The topological polar surface area (TPSA) is 63.2 Å². The molecule has 5 nitrogen and oxygen atoms in total. The van der Waals surface area contributed by atoms with Crippen LogP contribution in [0.5, 0.6) is 0 Å². The second-order valence-corrected chi connectivity index (χ2v) is 5.61. The van der Waals surface area contributed by atoms with Crippen LogP contribution in [0.15, 0.2) is 5.51 Å². The molecule has 1 aliphatic heterocycles. The van der Waals surface area contributed by atoms with Gasteiger partial charge in [-0.15, -0.1) is 10.2 Å². The molecule has 86 valence electrons. The Kier molecular flexibility index (Phi) is 3.55. The number of hydrogen-bond donors (Lipinski definition) is 0. The molecule has 1 aliphatic rings. The Morgan fingerprint density at radius 2 is 2.56 bits per heavy atom. The summed E-state index contributed by atoms with van der Waals surface area (Å²) < 4.78 is 0. The third-order valence-corrected chi connectivity index (χ3v) is 4.06. The van der Waals surface area contributed by atoms with E-state index in [9.17, 15) is 9.59 Å². The van der Waals surface area contributed by atoms with Crippen LogP contribution in [0.25, 0.3) is 0 Å². The SMILES string of the molecule is CC(=O)SCC1CC(=O)N(c2nncs2)C1. The molecule has 1 fully saturated rings. The van der Waals surface area contributed by atoms with E-state index in [1.807, 2.05) is 0 Å². The van der Waals surface area contributed by atoms with E-state index in [1.165, 1.54) is 23.1 Å². The first-order valence-electron chi connectivity index (χ1n) is 4.86. The average Bonchev–Trinajstić information content (AvgIpc) is 2.83. The summed E-state index contributed by atoms with van der Waals surface area (Å²) in [6.07, 6.45) is 0.500. The Hall–Kier alpha value is -0.950. The first-order valence-corrected chi connectivity index (χ1v) is 6.73. The summed E-state index contributed by atoms with van der Waals surface area (Å²) in [5.41, 5.74) is 1.61. The molecule has 0 bridgehead atoms. The van der Waals surface area contributed by atoms with Crippen LogP contribution in [0, 0.1) is 5.92 Å². The van der Waals surface area contributed by atoms with Gasteiger partial charge in [0, 0.05) is 25.6 Å². The lowest BCUT2D eigenvalue weighted by atomic mass is 10.1. The number of carbonyl (C=O) groups is 2. The molecular formula is C9H11N3O2S2. The zero-order valence-corrected chi connectivity index (χ0v) is 10.4. The van der Waals surface area contributed by atoms with Gasteiger partial charge in [0.25, 0.3) is 0 Å². The van der Waals surface area contributed by atoms with Gasteiger partial charge in [-0.25, -0.2) is 0 Å². The van der Waals surface area contributed by atoms with Crippen molar-refractivity contribution in [2.75, 3.05) is 17.2 Å². The highest BCUT2D eigenvalue weighted by atomic mass is 32.2. The number of carbonyl (C=O) groups excluding carboxylic acids is 2. The molecule has 2 heterocycles. The van der Waals surface area contributed by atoms with Crippen molar-refractivity contribution < 1.29 is 9.59 Å². The van der Waals surface area contributed by atoms with Gasteiger partial charge >= 0.3 is 0 Å². The number of amides is 1. The smallest absolute Gasteiger partial charge is 0.229 e. The molecule has 7 heteroatoms. The molecule has 2 rings (SSSR count). The maximum absolute atomic E-state index is 11.7. The van der Waals surface area contributed by atoms with Crippen molar-refractivity contribution in [2.45, 2.75) is 13.3 Å². The molecule has 0 saturated carbocycles. The van der Waals surface area contributed by atoms with Gasteiger partial charge in [-0.1, -0.05) is 23.1 Å². The van der Waals surface area contributed by atoms with Gasteiger partial charge in [-0.3, -0.25) is 14.5 Å². The fraction of sp³-hybridized carbons (Fsp3) is 0.556. The molecule has 1 amide bonds. The van der Waals surface area contributed by atoms with Crippen molar-refractivity contribution in [3.8, 4) is 0 Å². The summed E-state index contributed by atoms with van der Waals surface area (Å²) >= 11 is 2.64. The van der Waals surface area contributed by atoms with E-state index < -0.39 is 0 Å². The van der Waals surface area contributed by atoms with E-state index in [1.54, 1.807) is 17.3 Å². The van der Waals surface area contributed by atoms with Crippen LogP contribution in [0.2, 0.25) is 0 Å². The normalized spacial score (nSPS) is 20.4. The predicted octanol–water partition coefficient (Wildman–Crippen LogP) is 1.17. The molecule has 1 unspecified atom stereocenters. The first-order chi connectivity index (χ1) is 7.66. The second kappa shape index (κ2) is 4.92. The molecule has 0 aliphatic carbocycles. The van der Waals surface area contributed by atoms with Crippen LogP contribution in [-0.4, -0.2) is 33.5 Å². The van der Waals surface area contributed by atoms with Crippen molar-refractivity contribution in [3.05, 3.63) is 5.51 Å². The number of thioether (sulfide) groups is 1. The average molecular weight is 257 g/mol. The van der Waals surface area contributed by atoms with Gasteiger partial charge in [0.05, 0.1) is 0 Å². The van der Waals surface area contributed by atoms with Crippen LogP contribution in [0.3, 0.4) is 0 Å². The van der Waals surface area contributed by atoms with Crippen molar-refractivity contribution in [2.24, 2.45) is 5.92 Å². The highest BCUT2D eigenvalue weighted by Crippen LogP contribution is 2.27. The van der Waals surface area contributed by atoms with E-state index in [0.717, 1.165) is 0 Å². The van der Waals surface area contributed by atoms with Gasteiger partial charge in [0.2, 0.25) is 11.0 Å². The van der Waals surface area contributed by atoms with Gasteiger partial charge in [0.15, 0.2) is 5.12 Å². The standard InChI is InChI=1S/C9H11N3O2S2/c1-6(13)15-4-7-2-8(14)12(3-7)9-11-10-5-16-9/h5,7H,2-4H2,1H3. The fourth-order valence-corrected chi connectivity index (χ4v) is 2.88. The number of hydrogen-bond acceptors (Lipinski definition) is 6. The van der Waals surface area contributed by atoms with E-state index in [2.05, 4.69) is 10.2 Å². The van der Waals surface area contributed by atoms with Gasteiger partial charge in [-0.2, -0.15) is 0 Å². The summed E-state index contributed by atoms with van der Waals surface area (Å²) in [7, 11) is 0. The first kappa shape index (κ1) is 11.5. The highest BCUT2D eigenvalue weighted by molar-refractivity contribution is 8.13. The molecule has 0 aromatic carbocycles.